The van der Waals surface area contributed by atoms with Crippen molar-refractivity contribution in [3.63, 3.8) is 0 Å². The lowest BCUT2D eigenvalue weighted by molar-refractivity contribution is 0.00225. The zero-order chi connectivity index (χ0) is 16.8. The number of rotatable bonds is 4. The van der Waals surface area contributed by atoms with E-state index in [1.54, 1.807) is 12.4 Å². The van der Waals surface area contributed by atoms with E-state index in [4.69, 9.17) is 4.74 Å². The number of pyridine rings is 1. The van der Waals surface area contributed by atoms with Gasteiger partial charge in [-0.3, -0.25) is 4.98 Å². The van der Waals surface area contributed by atoms with Crippen molar-refractivity contribution in [2.75, 3.05) is 6.61 Å². The lowest BCUT2D eigenvalue weighted by Crippen LogP contribution is -2.44. The van der Waals surface area contributed by atoms with Crippen molar-refractivity contribution in [1.82, 2.24) is 15.6 Å². The summed E-state index contributed by atoms with van der Waals surface area (Å²) in [6.45, 7) is 3.13. The second-order valence-electron chi connectivity index (χ2n) is 6.19. The van der Waals surface area contributed by atoms with Gasteiger partial charge in [0.05, 0.1) is 6.10 Å². The highest BCUT2D eigenvalue weighted by Crippen LogP contribution is 2.27. The molecule has 5 nitrogen and oxygen atoms in total. The molecule has 1 aliphatic heterocycles. The van der Waals surface area contributed by atoms with Crippen LogP contribution in [0.2, 0.25) is 0 Å². The molecule has 126 valence electrons. The zero-order valence-electron chi connectivity index (χ0n) is 13.9. The van der Waals surface area contributed by atoms with E-state index in [0.29, 0.717) is 13.2 Å². The van der Waals surface area contributed by atoms with Crippen molar-refractivity contribution in [2.24, 2.45) is 0 Å². The third-order valence-corrected chi connectivity index (χ3v) is 4.18. The Kier molecular flexibility index (Phi) is 5.43. The molecule has 0 aliphatic carbocycles. The van der Waals surface area contributed by atoms with Crippen molar-refractivity contribution in [1.29, 1.82) is 0 Å². The van der Waals surface area contributed by atoms with Gasteiger partial charge in [0.25, 0.3) is 0 Å². The van der Waals surface area contributed by atoms with Gasteiger partial charge in [-0.05, 0) is 36.5 Å². The summed E-state index contributed by atoms with van der Waals surface area (Å²) in [5.41, 5.74) is 3.25. The van der Waals surface area contributed by atoms with Gasteiger partial charge >= 0.3 is 6.03 Å². The molecule has 2 aromatic rings. The minimum atomic E-state index is -0.143. The molecule has 2 heterocycles. The van der Waals surface area contributed by atoms with Gasteiger partial charge in [0.2, 0.25) is 0 Å². The Morgan fingerprint density at radius 2 is 2.12 bits per heavy atom. The molecular formula is C19H23N3O2. The van der Waals surface area contributed by atoms with Crippen LogP contribution in [0.15, 0.2) is 48.8 Å². The highest BCUT2D eigenvalue weighted by molar-refractivity contribution is 5.74. The largest absolute Gasteiger partial charge is 0.373 e. The van der Waals surface area contributed by atoms with E-state index < -0.39 is 0 Å². The fourth-order valence-electron chi connectivity index (χ4n) is 2.96. The molecule has 1 aliphatic rings. The zero-order valence-corrected chi connectivity index (χ0v) is 13.9. The summed E-state index contributed by atoms with van der Waals surface area (Å²) in [6, 6.07) is 12.2. The molecular weight excluding hydrogens is 302 g/mol. The molecule has 5 heteroatoms. The molecule has 0 radical (unpaired) electrons. The monoisotopic (exact) mass is 325 g/mol. The van der Waals surface area contributed by atoms with Crippen molar-refractivity contribution in [3.8, 4) is 0 Å². The second kappa shape index (κ2) is 7.93. The maximum Gasteiger partial charge on any atom is 0.315 e. The van der Waals surface area contributed by atoms with Crippen LogP contribution in [-0.4, -0.2) is 23.7 Å². The maximum atomic E-state index is 12.1. The van der Waals surface area contributed by atoms with Gasteiger partial charge in [-0.15, -0.1) is 0 Å². The lowest BCUT2D eigenvalue weighted by Gasteiger charge is -2.30. The lowest BCUT2D eigenvalue weighted by atomic mass is 9.97. The molecule has 24 heavy (non-hydrogen) atoms. The van der Waals surface area contributed by atoms with Gasteiger partial charge in [0, 0.05) is 31.6 Å². The standard InChI is InChI=1S/C19H23N3O2/c1-14-9-15(12-20-11-14)13-21-19(23)22-17-7-8-24-18(10-17)16-5-3-2-4-6-16/h2-6,9,11-12,17-18H,7-8,10,13H2,1H3,(H2,21,22,23)/t17-,18+/m0/s1. The number of hydrogen-bond acceptors (Lipinski definition) is 3. The van der Waals surface area contributed by atoms with Crippen LogP contribution in [0.5, 0.6) is 0 Å². The SMILES string of the molecule is Cc1cncc(CNC(=O)N[C@H]2CCO[C@@H](c3ccccc3)C2)c1. The maximum absolute atomic E-state index is 12.1. The van der Waals surface area contributed by atoms with E-state index >= 15 is 0 Å². The fourth-order valence-corrected chi connectivity index (χ4v) is 2.96. The van der Waals surface area contributed by atoms with Crippen LogP contribution in [0.3, 0.4) is 0 Å². The van der Waals surface area contributed by atoms with E-state index in [-0.39, 0.29) is 18.2 Å². The molecule has 1 aromatic heterocycles. The van der Waals surface area contributed by atoms with Gasteiger partial charge < -0.3 is 15.4 Å². The minimum absolute atomic E-state index is 0.0474. The van der Waals surface area contributed by atoms with Gasteiger partial charge in [-0.2, -0.15) is 0 Å². The van der Waals surface area contributed by atoms with Crippen molar-refractivity contribution in [3.05, 3.63) is 65.5 Å². The summed E-state index contributed by atoms with van der Waals surface area (Å²) in [7, 11) is 0. The molecule has 1 fully saturated rings. The van der Waals surface area contributed by atoms with Crippen molar-refractivity contribution >= 4 is 6.03 Å². The summed E-state index contributed by atoms with van der Waals surface area (Å²) in [5, 5.41) is 5.95. The number of nitrogens with zero attached hydrogens (tertiary/aromatic N) is 1. The number of aryl methyl sites for hydroxylation is 1. The van der Waals surface area contributed by atoms with Crippen molar-refractivity contribution < 1.29 is 9.53 Å². The van der Waals surface area contributed by atoms with Crippen LogP contribution in [-0.2, 0) is 11.3 Å². The molecule has 1 saturated heterocycles. The topological polar surface area (TPSA) is 63.2 Å². The first kappa shape index (κ1) is 16.5. The molecule has 2 atom stereocenters. The third-order valence-electron chi connectivity index (χ3n) is 4.18. The van der Waals surface area contributed by atoms with Crippen LogP contribution >= 0.6 is 0 Å². The first-order chi connectivity index (χ1) is 11.7. The summed E-state index contributed by atoms with van der Waals surface area (Å²) < 4.78 is 5.84. The van der Waals surface area contributed by atoms with Crippen LogP contribution in [0.4, 0.5) is 4.79 Å². The Balaban J connectivity index is 1.49. The molecule has 2 N–H and O–H groups in total. The summed E-state index contributed by atoms with van der Waals surface area (Å²) in [6.07, 6.45) is 5.25. The number of carbonyl (C=O) groups is 1. The van der Waals surface area contributed by atoms with Crippen molar-refractivity contribution in [2.45, 2.75) is 38.5 Å². The van der Waals surface area contributed by atoms with E-state index in [1.165, 1.54) is 0 Å². The highest BCUT2D eigenvalue weighted by atomic mass is 16.5. The van der Waals surface area contributed by atoms with Gasteiger partial charge in [0.1, 0.15) is 0 Å². The van der Waals surface area contributed by atoms with E-state index in [9.17, 15) is 4.79 Å². The van der Waals surface area contributed by atoms with Gasteiger partial charge in [0.15, 0.2) is 0 Å². The average molecular weight is 325 g/mol. The quantitative estimate of drug-likeness (QED) is 0.908. The average Bonchev–Trinajstić information content (AvgIpc) is 2.61. The van der Waals surface area contributed by atoms with E-state index in [1.807, 2.05) is 31.2 Å². The summed E-state index contributed by atoms with van der Waals surface area (Å²) >= 11 is 0. The first-order valence-corrected chi connectivity index (χ1v) is 8.32. The number of ether oxygens (including phenoxy) is 1. The molecule has 1 aromatic carbocycles. The number of urea groups is 1. The predicted molar refractivity (Wildman–Crippen MR) is 92.5 cm³/mol. The Bertz CT molecular complexity index is 675. The highest BCUT2D eigenvalue weighted by Gasteiger charge is 2.24. The predicted octanol–water partition coefficient (Wildman–Crippen LogP) is 3.11. The number of aromatic nitrogens is 1. The molecule has 0 bridgehead atoms. The third kappa shape index (κ3) is 4.55. The molecule has 2 amide bonds. The molecule has 0 spiro atoms. The number of carbonyl (C=O) groups excluding carboxylic acids is 1. The Hall–Kier alpha value is -2.40. The van der Waals surface area contributed by atoms with E-state index in [2.05, 4.69) is 27.8 Å². The Morgan fingerprint density at radius 3 is 2.92 bits per heavy atom. The fraction of sp³-hybridized carbons (Fsp3) is 0.368. The molecule has 0 saturated carbocycles. The number of nitrogens with one attached hydrogen (secondary N) is 2. The normalized spacial score (nSPS) is 20.4. The van der Waals surface area contributed by atoms with Crippen LogP contribution in [0, 0.1) is 6.92 Å². The number of benzene rings is 1. The number of hydrogen-bond donors (Lipinski definition) is 2. The molecule has 3 rings (SSSR count). The van der Waals surface area contributed by atoms with Crippen LogP contribution in [0.1, 0.15) is 35.6 Å². The Labute approximate surface area is 142 Å². The summed E-state index contributed by atoms with van der Waals surface area (Å²) in [4.78, 5) is 16.3. The van der Waals surface area contributed by atoms with Crippen LogP contribution in [0.25, 0.3) is 0 Å². The smallest absolute Gasteiger partial charge is 0.315 e. The van der Waals surface area contributed by atoms with E-state index in [0.717, 1.165) is 29.5 Å². The number of amides is 2. The minimum Gasteiger partial charge on any atom is -0.373 e. The molecule has 0 unspecified atom stereocenters. The van der Waals surface area contributed by atoms with Gasteiger partial charge in [-0.1, -0.05) is 36.4 Å². The second-order valence-corrected chi connectivity index (χ2v) is 6.19. The summed E-state index contributed by atoms with van der Waals surface area (Å²) in [5.74, 6) is 0. The van der Waals surface area contributed by atoms with Gasteiger partial charge in [-0.25, -0.2) is 4.79 Å². The van der Waals surface area contributed by atoms with Crippen LogP contribution < -0.4 is 10.6 Å². The Morgan fingerprint density at radius 1 is 1.29 bits per heavy atom. The first-order valence-electron chi connectivity index (χ1n) is 8.32.